The van der Waals surface area contributed by atoms with E-state index in [4.69, 9.17) is 15.0 Å². The number of hydrogen-bond donors (Lipinski definition) is 3. The van der Waals surface area contributed by atoms with E-state index in [0.717, 1.165) is 12.2 Å². The van der Waals surface area contributed by atoms with Crippen LogP contribution in [0.3, 0.4) is 0 Å². The number of aliphatic carboxylic acids is 1. The van der Waals surface area contributed by atoms with Gasteiger partial charge in [0.2, 0.25) is 5.13 Å². The van der Waals surface area contributed by atoms with Crippen molar-refractivity contribution in [1.29, 1.82) is 0 Å². The number of carboxylic acids is 2. The molecule has 0 aliphatic carbocycles. The molecular weight excluding hydrogens is 415 g/mol. The van der Waals surface area contributed by atoms with Gasteiger partial charge in [0, 0.05) is 25.8 Å². The lowest BCUT2D eigenvalue weighted by atomic mass is 10.3. The molecule has 0 aliphatic heterocycles. The molecule has 3 aromatic rings. The first-order chi connectivity index (χ1) is 13.6. The molecule has 2 aromatic heterocycles. The molecule has 0 unspecified atom stereocenters. The zero-order chi connectivity index (χ0) is 21.6. The maximum Gasteiger partial charge on any atom is 0.490 e. The molecule has 0 saturated heterocycles. The average Bonchev–Trinajstić information content (AvgIpc) is 3.22. The fourth-order valence-corrected chi connectivity index (χ4v) is 2.97. The van der Waals surface area contributed by atoms with Crippen LogP contribution in [0.15, 0.2) is 36.7 Å². The smallest absolute Gasteiger partial charge is 0.476 e. The normalized spacial score (nSPS) is 10.9. The van der Waals surface area contributed by atoms with Crippen LogP contribution in [0.1, 0.15) is 10.5 Å². The lowest BCUT2D eigenvalue weighted by Gasteiger charge is -2.19. The standard InChI is InChI=1S/C14H15N5O2S.C2HF3O2/c1-18(10-5-3-2-4-6-10)8-7-15-14-17-19-9-16-11(13(20)21)12(19)22-14;3-2(4,5)1(6)7/h2-6,9H,7-8H2,1H3,(H,15,17)(H,20,21);(H,6,7). The summed E-state index contributed by atoms with van der Waals surface area (Å²) in [6.45, 7) is 1.51. The Kier molecular flexibility index (Phi) is 6.98. The fourth-order valence-electron chi connectivity index (χ4n) is 2.07. The van der Waals surface area contributed by atoms with Crippen LogP contribution in [0.5, 0.6) is 0 Å². The van der Waals surface area contributed by atoms with Crippen LogP contribution in [0.4, 0.5) is 24.0 Å². The zero-order valence-electron chi connectivity index (χ0n) is 14.9. The van der Waals surface area contributed by atoms with Crippen LogP contribution >= 0.6 is 11.3 Å². The van der Waals surface area contributed by atoms with E-state index in [0.29, 0.717) is 16.5 Å². The van der Waals surface area contributed by atoms with E-state index in [1.54, 1.807) is 0 Å². The molecule has 0 amide bonds. The van der Waals surface area contributed by atoms with Gasteiger partial charge in [0.15, 0.2) is 10.5 Å². The zero-order valence-corrected chi connectivity index (χ0v) is 15.7. The molecule has 1 aromatic carbocycles. The van der Waals surface area contributed by atoms with Crippen LogP contribution in [-0.2, 0) is 4.79 Å². The number of rotatable bonds is 6. The van der Waals surface area contributed by atoms with Gasteiger partial charge in [0.1, 0.15) is 6.33 Å². The average molecular weight is 431 g/mol. The number of likely N-dealkylation sites (N-methyl/N-ethyl adjacent to an activating group) is 1. The van der Waals surface area contributed by atoms with Crippen LogP contribution < -0.4 is 10.2 Å². The molecule has 0 aliphatic rings. The van der Waals surface area contributed by atoms with E-state index in [-0.39, 0.29) is 5.69 Å². The number of anilines is 2. The molecule has 13 heteroatoms. The molecule has 2 heterocycles. The summed E-state index contributed by atoms with van der Waals surface area (Å²) in [6.07, 6.45) is -3.67. The molecule has 0 spiro atoms. The number of imidazole rings is 1. The van der Waals surface area contributed by atoms with E-state index < -0.39 is 18.1 Å². The number of aromatic carboxylic acids is 1. The van der Waals surface area contributed by atoms with Gasteiger partial charge < -0.3 is 20.4 Å². The molecular formula is C16H16F3N5O4S. The number of aromatic nitrogens is 3. The third kappa shape index (κ3) is 6.07. The summed E-state index contributed by atoms with van der Waals surface area (Å²) in [5, 5.41) is 24.3. The number of carbonyl (C=O) groups is 2. The second-order valence-corrected chi connectivity index (χ2v) is 6.52. The number of nitrogens with zero attached hydrogens (tertiary/aromatic N) is 4. The maximum absolute atomic E-state index is 11.0. The minimum absolute atomic E-state index is 0.0342. The number of hydrogen-bond acceptors (Lipinski definition) is 7. The first-order valence-electron chi connectivity index (χ1n) is 7.97. The second-order valence-electron chi connectivity index (χ2n) is 5.54. The van der Waals surface area contributed by atoms with Gasteiger partial charge in [-0.1, -0.05) is 29.5 Å². The van der Waals surface area contributed by atoms with Gasteiger partial charge in [-0.15, -0.1) is 5.10 Å². The van der Waals surface area contributed by atoms with Crippen molar-refractivity contribution in [2.24, 2.45) is 0 Å². The Morgan fingerprint density at radius 2 is 1.86 bits per heavy atom. The highest BCUT2D eigenvalue weighted by Crippen LogP contribution is 2.22. The van der Waals surface area contributed by atoms with Crippen molar-refractivity contribution in [2.45, 2.75) is 6.18 Å². The molecule has 3 N–H and O–H groups in total. The monoisotopic (exact) mass is 431 g/mol. The van der Waals surface area contributed by atoms with E-state index in [1.807, 2.05) is 25.2 Å². The van der Waals surface area contributed by atoms with Gasteiger partial charge in [0.25, 0.3) is 0 Å². The minimum atomic E-state index is -5.08. The Morgan fingerprint density at radius 3 is 2.41 bits per heavy atom. The highest BCUT2D eigenvalue weighted by molar-refractivity contribution is 7.21. The van der Waals surface area contributed by atoms with Gasteiger partial charge in [-0.3, -0.25) is 0 Å². The Balaban J connectivity index is 0.000000370. The SMILES string of the molecule is CN(CCNc1nn2cnc(C(=O)O)c2s1)c1ccccc1.O=C(O)C(F)(F)F. The van der Waals surface area contributed by atoms with Gasteiger partial charge in [-0.05, 0) is 12.1 Å². The molecule has 0 saturated carbocycles. The quantitative estimate of drug-likeness (QED) is 0.545. The molecule has 0 bridgehead atoms. The first kappa shape index (κ1) is 21.9. The number of benzene rings is 1. The van der Waals surface area contributed by atoms with Crippen molar-refractivity contribution < 1.29 is 33.0 Å². The molecule has 29 heavy (non-hydrogen) atoms. The summed E-state index contributed by atoms with van der Waals surface area (Å²) in [5.74, 6) is -3.80. The predicted molar refractivity (Wildman–Crippen MR) is 99.7 cm³/mol. The summed E-state index contributed by atoms with van der Waals surface area (Å²) in [4.78, 5) is 26.4. The minimum Gasteiger partial charge on any atom is -0.476 e. The van der Waals surface area contributed by atoms with Crippen molar-refractivity contribution in [3.8, 4) is 0 Å². The van der Waals surface area contributed by atoms with Gasteiger partial charge in [-0.25, -0.2) is 19.1 Å². The number of fused-ring (bicyclic) bond motifs is 1. The topological polar surface area (TPSA) is 120 Å². The maximum atomic E-state index is 11.0. The van der Waals surface area contributed by atoms with Crippen molar-refractivity contribution >= 4 is 38.9 Å². The van der Waals surface area contributed by atoms with Gasteiger partial charge >= 0.3 is 18.1 Å². The Hall–Kier alpha value is -3.35. The Morgan fingerprint density at radius 1 is 1.24 bits per heavy atom. The number of para-hydroxylation sites is 1. The summed E-state index contributed by atoms with van der Waals surface area (Å²) in [5.41, 5.74) is 1.18. The molecule has 9 nitrogen and oxygen atoms in total. The van der Waals surface area contributed by atoms with Crippen LogP contribution in [0.2, 0.25) is 0 Å². The van der Waals surface area contributed by atoms with Crippen molar-refractivity contribution in [2.75, 3.05) is 30.4 Å². The molecule has 3 rings (SSSR count). The Labute approximate surface area is 166 Å². The lowest BCUT2D eigenvalue weighted by molar-refractivity contribution is -0.192. The van der Waals surface area contributed by atoms with Gasteiger partial charge in [-0.2, -0.15) is 13.2 Å². The van der Waals surface area contributed by atoms with Crippen LogP contribution in [-0.4, -0.2) is 63.1 Å². The van der Waals surface area contributed by atoms with Crippen molar-refractivity contribution in [3.63, 3.8) is 0 Å². The first-order valence-corrected chi connectivity index (χ1v) is 8.79. The summed E-state index contributed by atoms with van der Waals surface area (Å²) < 4.78 is 33.2. The fraction of sp³-hybridized carbons (Fsp3) is 0.250. The highest BCUT2D eigenvalue weighted by Gasteiger charge is 2.38. The molecule has 0 atom stereocenters. The molecule has 0 radical (unpaired) electrons. The largest absolute Gasteiger partial charge is 0.490 e. The number of nitrogens with one attached hydrogen (secondary N) is 1. The van der Waals surface area contributed by atoms with E-state index in [2.05, 4.69) is 32.4 Å². The second kappa shape index (κ2) is 9.23. The van der Waals surface area contributed by atoms with E-state index in [1.165, 1.54) is 22.2 Å². The predicted octanol–water partition coefficient (Wildman–Crippen LogP) is 2.67. The highest BCUT2D eigenvalue weighted by atomic mass is 32.1. The third-order valence-electron chi connectivity index (χ3n) is 3.46. The number of carboxylic acid groups (broad SMARTS) is 2. The van der Waals surface area contributed by atoms with Crippen LogP contribution in [0.25, 0.3) is 4.83 Å². The van der Waals surface area contributed by atoms with Crippen LogP contribution in [0, 0.1) is 0 Å². The van der Waals surface area contributed by atoms with Crippen molar-refractivity contribution in [1.82, 2.24) is 14.6 Å². The number of alkyl halides is 3. The molecule has 0 fully saturated rings. The Bertz CT molecular complexity index is 974. The van der Waals surface area contributed by atoms with Crippen molar-refractivity contribution in [3.05, 3.63) is 42.4 Å². The number of halogens is 3. The van der Waals surface area contributed by atoms with Gasteiger partial charge in [0.05, 0.1) is 0 Å². The summed E-state index contributed by atoms with van der Waals surface area (Å²) >= 11 is 1.29. The summed E-state index contributed by atoms with van der Waals surface area (Å²) in [7, 11) is 2.02. The summed E-state index contributed by atoms with van der Waals surface area (Å²) in [6, 6.07) is 10.1. The van der Waals surface area contributed by atoms with E-state index >= 15 is 0 Å². The molecule has 156 valence electrons. The lowest BCUT2D eigenvalue weighted by Crippen LogP contribution is -2.24. The third-order valence-corrected chi connectivity index (χ3v) is 4.46. The van der Waals surface area contributed by atoms with E-state index in [9.17, 15) is 18.0 Å².